The zero-order valence-electron chi connectivity index (χ0n) is 14.0. The third kappa shape index (κ3) is 5.58. The first kappa shape index (κ1) is 17.3. The molecular formula is C19H25NO3. The maximum Gasteiger partial charge on any atom is 0.120 e. The van der Waals surface area contributed by atoms with Gasteiger partial charge in [-0.3, -0.25) is 4.90 Å². The standard InChI is InChI=1S/C19H25NO3/c1-19(2,22)14-20(12-15-7-5-4-6-8-15)13-16-11-17(23-3)9-10-18(16)21/h4-11,21-22H,12-14H2,1-3H3. The van der Waals surface area contributed by atoms with Gasteiger partial charge in [-0.25, -0.2) is 0 Å². The monoisotopic (exact) mass is 315 g/mol. The third-order valence-corrected chi connectivity index (χ3v) is 3.54. The molecule has 0 fully saturated rings. The van der Waals surface area contributed by atoms with Crippen LogP contribution in [0.25, 0.3) is 0 Å². The van der Waals surface area contributed by atoms with Crippen LogP contribution in [0.4, 0.5) is 0 Å². The Balaban J connectivity index is 2.20. The summed E-state index contributed by atoms with van der Waals surface area (Å²) in [6, 6.07) is 15.3. The van der Waals surface area contributed by atoms with Crippen LogP contribution >= 0.6 is 0 Å². The maximum atomic E-state index is 10.2. The van der Waals surface area contributed by atoms with E-state index in [1.165, 1.54) is 5.56 Å². The molecule has 0 heterocycles. The molecule has 0 saturated carbocycles. The van der Waals surface area contributed by atoms with Gasteiger partial charge in [-0.15, -0.1) is 0 Å². The highest BCUT2D eigenvalue weighted by atomic mass is 16.5. The lowest BCUT2D eigenvalue weighted by Gasteiger charge is -2.29. The molecular weight excluding hydrogens is 290 g/mol. The van der Waals surface area contributed by atoms with Crippen molar-refractivity contribution in [3.63, 3.8) is 0 Å². The average Bonchev–Trinajstić information content (AvgIpc) is 2.49. The fraction of sp³-hybridized carbons (Fsp3) is 0.368. The molecule has 2 rings (SSSR count). The van der Waals surface area contributed by atoms with E-state index in [1.54, 1.807) is 33.1 Å². The van der Waals surface area contributed by atoms with E-state index in [-0.39, 0.29) is 5.75 Å². The van der Waals surface area contributed by atoms with E-state index in [1.807, 2.05) is 24.3 Å². The second-order valence-corrected chi connectivity index (χ2v) is 6.44. The smallest absolute Gasteiger partial charge is 0.120 e. The molecule has 124 valence electrons. The molecule has 0 radical (unpaired) electrons. The zero-order chi connectivity index (χ0) is 16.9. The highest BCUT2D eigenvalue weighted by Gasteiger charge is 2.20. The van der Waals surface area contributed by atoms with Crippen molar-refractivity contribution < 1.29 is 14.9 Å². The van der Waals surface area contributed by atoms with E-state index in [0.717, 1.165) is 5.56 Å². The molecule has 2 aromatic carbocycles. The summed E-state index contributed by atoms with van der Waals surface area (Å²) in [6.45, 7) is 5.30. The molecule has 2 aromatic rings. The van der Waals surface area contributed by atoms with Gasteiger partial charge in [0, 0.05) is 25.2 Å². The normalized spacial score (nSPS) is 11.7. The number of phenols is 1. The van der Waals surface area contributed by atoms with Crippen molar-refractivity contribution in [1.82, 2.24) is 4.90 Å². The molecule has 0 aliphatic heterocycles. The quantitative estimate of drug-likeness (QED) is 0.824. The second kappa shape index (κ2) is 7.49. The Kier molecular flexibility index (Phi) is 5.64. The largest absolute Gasteiger partial charge is 0.508 e. The molecule has 0 aliphatic carbocycles. The molecule has 0 unspecified atom stereocenters. The zero-order valence-corrected chi connectivity index (χ0v) is 14.0. The minimum atomic E-state index is -0.816. The lowest BCUT2D eigenvalue weighted by Crippen LogP contribution is -2.37. The van der Waals surface area contributed by atoms with Gasteiger partial charge in [0.2, 0.25) is 0 Å². The lowest BCUT2D eigenvalue weighted by molar-refractivity contribution is 0.0304. The van der Waals surface area contributed by atoms with E-state index >= 15 is 0 Å². The van der Waals surface area contributed by atoms with Crippen LogP contribution in [-0.4, -0.2) is 34.4 Å². The Morgan fingerprint density at radius 2 is 1.74 bits per heavy atom. The molecule has 23 heavy (non-hydrogen) atoms. The van der Waals surface area contributed by atoms with E-state index in [2.05, 4.69) is 17.0 Å². The number of hydrogen-bond donors (Lipinski definition) is 2. The summed E-state index contributed by atoms with van der Waals surface area (Å²) in [5.41, 5.74) is 1.13. The van der Waals surface area contributed by atoms with Crippen LogP contribution in [0.2, 0.25) is 0 Å². The molecule has 0 bridgehead atoms. The first-order valence-electron chi connectivity index (χ1n) is 7.72. The SMILES string of the molecule is COc1ccc(O)c(CN(Cc2ccccc2)CC(C)(C)O)c1. The van der Waals surface area contributed by atoms with Crippen molar-refractivity contribution in [2.75, 3.05) is 13.7 Å². The van der Waals surface area contributed by atoms with Gasteiger partial charge in [0.25, 0.3) is 0 Å². The first-order valence-corrected chi connectivity index (χ1v) is 7.72. The summed E-state index contributed by atoms with van der Waals surface area (Å²) in [4.78, 5) is 2.11. The number of aliphatic hydroxyl groups is 1. The van der Waals surface area contributed by atoms with Crippen LogP contribution in [0, 0.1) is 0 Å². The van der Waals surface area contributed by atoms with E-state index in [0.29, 0.717) is 25.4 Å². The molecule has 0 amide bonds. The van der Waals surface area contributed by atoms with Crippen LogP contribution in [0.1, 0.15) is 25.0 Å². The van der Waals surface area contributed by atoms with Gasteiger partial charge >= 0.3 is 0 Å². The first-order chi connectivity index (χ1) is 10.9. The molecule has 4 heteroatoms. The van der Waals surface area contributed by atoms with Crippen molar-refractivity contribution >= 4 is 0 Å². The molecule has 0 saturated heterocycles. The van der Waals surface area contributed by atoms with Gasteiger partial charge in [0.15, 0.2) is 0 Å². The second-order valence-electron chi connectivity index (χ2n) is 6.44. The minimum absolute atomic E-state index is 0.236. The van der Waals surface area contributed by atoms with E-state index in [9.17, 15) is 10.2 Å². The van der Waals surface area contributed by atoms with Gasteiger partial charge < -0.3 is 14.9 Å². The molecule has 2 N–H and O–H groups in total. The van der Waals surface area contributed by atoms with Gasteiger partial charge in [-0.2, -0.15) is 0 Å². The van der Waals surface area contributed by atoms with Gasteiger partial charge in [-0.1, -0.05) is 30.3 Å². The number of aromatic hydroxyl groups is 1. The van der Waals surface area contributed by atoms with Crippen molar-refractivity contribution in [2.24, 2.45) is 0 Å². The van der Waals surface area contributed by atoms with E-state index < -0.39 is 5.60 Å². The molecule has 0 aliphatic rings. The predicted molar refractivity (Wildman–Crippen MR) is 91.5 cm³/mol. The maximum absolute atomic E-state index is 10.2. The van der Waals surface area contributed by atoms with Crippen molar-refractivity contribution in [3.05, 3.63) is 59.7 Å². The summed E-state index contributed by atoms with van der Waals surface area (Å²) in [5, 5.41) is 20.3. The molecule has 0 spiro atoms. The molecule has 0 aromatic heterocycles. The fourth-order valence-corrected chi connectivity index (χ4v) is 2.61. The predicted octanol–water partition coefficient (Wildman–Crippen LogP) is 3.17. The number of benzene rings is 2. The van der Waals surface area contributed by atoms with Crippen molar-refractivity contribution in [3.8, 4) is 11.5 Å². The fourth-order valence-electron chi connectivity index (χ4n) is 2.61. The number of phenolic OH excluding ortho intramolecular Hbond substituents is 1. The lowest BCUT2D eigenvalue weighted by atomic mass is 10.1. The Hall–Kier alpha value is -2.04. The summed E-state index contributed by atoms with van der Waals surface area (Å²) < 4.78 is 5.23. The van der Waals surface area contributed by atoms with E-state index in [4.69, 9.17) is 4.74 Å². The minimum Gasteiger partial charge on any atom is -0.508 e. The third-order valence-electron chi connectivity index (χ3n) is 3.54. The molecule has 0 atom stereocenters. The summed E-state index contributed by atoms with van der Waals surface area (Å²) >= 11 is 0. The van der Waals surface area contributed by atoms with Crippen LogP contribution in [0.5, 0.6) is 11.5 Å². The van der Waals surface area contributed by atoms with Crippen molar-refractivity contribution in [2.45, 2.75) is 32.5 Å². The number of hydrogen-bond acceptors (Lipinski definition) is 4. The Morgan fingerprint density at radius 1 is 1.04 bits per heavy atom. The topological polar surface area (TPSA) is 52.9 Å². The van der Waals surface area contributed by atoms with Crippen LogP contribution < -0.4 is 4.74 Å². The summed E-state index contributed by atoms with van der Waals surface area (Å²) in [7, 11) is 1.61. The van der Waals surface area contributed by atoms with Crippen molar-refractivity contribution in [1.29, 1.82) is 0 Å². The molecule has 4 nitrogen and oxygen atoms in total. The van der Waals surface area contributed by atoms with Gasteiger partial charge in [0.1, 0.15) is 11.5 Å². The van der Waals surface area contributed by atoms with Crippen LogP contribution in [0.15, 0.2) is 48.5 Å². The highest BCUT2D eigenvalue weighted by Crippen LogP contribution is 2.25. The summed E-state index contributed by atoms with van der Waals surface area (Å²) in [5.74, 6) is 0.945. The number of methoxy groups -OCH3 is 1. The Bertz CT molecular complexity index is 620. The highest BCUT2D eigenvalue weighted by molar-refractivity contribution is 5.39. The Morgan fingerprint density at radius 3 is 2.35 bits per heavy atom. The van der Waals surface area contributed by atoms with Crippen LogP contribution in [0.3, 0.4) is 0 Å². The average molecular weight is 315 g/mol. The number of ether oxygens (including phenoxy) is 1. The Labute approximate surface area is 138 Å². The number of nitrogens with zero attached hydrogens (tertiary/aromatic N) is 1. The van der Waals surface area contributed by atoms with Gasteiger partial charge in [0.05, 0.1) is 12.7 Å². The number of rotatable bonds is 7. The van der Waals surface area contributed by atoms with Crippen LogP contribution in [-0.2, 0) is 13.1 Å². The summed E-state index contributed by atoms with van der Waals surface area (Å²) in [6.07, 6.45) is 0. The van der Waals surface area contributed by atoms with Gasteiger partial charge in [-0.05, 0) is 37.6 Å².